The third-order valence-electron chi connectivity index (χ3n) is 2.49. The number of hydrogen-bond donors (Lipinski definition) is 0. The Labute approximate surface area is 87.5 Å². The average molecular weight is 198 g/mol. The molecule has 0 radical (unpaired) electrons. The second-order valence-electron chi connectivity index (χ2n) is 4.50. The van der Waals surface area contributed by atoms with Gasteiger partial charge in [0, 0.05) is 0 Å². The van der Waals surface area contributed by atoms with Gasteiger partial charge in [0.05, 0.1) is 0 Å². The summed E-state index contributed by atoms with van der Waals surface area (Å²) < 4.78 is 0. The molecule has 76 valence electrons. The van der Waals surface area contributed by atoms with E-state index in [4.69, 9.17) is 0 Å². The molecule has 1 heteroatoms. The van der Waals surface area contributed by atoms with Crippen LogP contribution in [0.5, 0.6) is 0 Å². The summed E-state index contributed by atoms with van der Waals surface area (Å²) in [4.78, 5) is 1.24. The largest absolute Gasteiger partial charge is 0.134 e. The van der Waals surface area contributed by atoms with Crippen LogP contribution in [0.2, 0.25) is 0 Å². The lowest BCUT2D eigenvalue weighted by molar-refractivity contribution is 0.448. The van der Waals surface area contributed by atoms with E-state index < -0.39 is 0 Å². The average Bonchev–Trinajstić information content (AvgIpc) is 2.01. The molecule has 0 unspecified atom stereocenters. The maximum atomic E-state index is 4.11. The Balaban J connectivity index is 4.33. The lowest BCUT2D eigenvalue weighted by Crippen LogP contribution is -2.14. The fourth-order valence-electron chi connectivity index (χ4n) is 1.15. The molecule has 0 N–H and O–H groups in total. The number of allylic oxidation sites excluding steroid dienone is 2. The van der Waals surface area contributed by atoms with Crippen molar-refractivity contribution in [1.29, 1.82) is 0 Å². The second kappa shape index (κ2) is 4.90. The Morgan fingerprint density at radius 3 is 2.08 bits per heavy atom. The van der Waals surface area contributed by atoms with Gasteiger partial charge in [-0.1, -0.05) is 46.4 Å². The van der Waals surface area contributed by atoms with Gasteiger partial charge >= 0.3 is 0 Å². The zero-order chi connectivity index (χ0) is 10.6. The molecular weight excluding hydrogens is 176 g/mol. The van der Waals surface area contributed by atoms with E-state index in [1.54, 1.807) is 11.8 Å². The Bertz CT molecular complexity index is 199. The van der Waals surface area contributed by atoms with Crippen LogP contribution in [0.3, 0.4) is 0 Å². The Kier molecular flexibility index (Phi) is 4.83. The van der Waals surface area contributed by atoms with Gasteiger partial charge in [-0.3, -0.25) is 0 Å². The van der Waals surface area contributed by atoms with Crippen molar-refractivity contribution >= 4 is 11.8 Å². The van der Waals surface area contributed by atoms with Crippen molar-refractivity contribution in [2.45, 2.75) is 34.1 Å². The summed E-state index contributed by atoms with van der Waals surface area (Å²) in [5.41, 5.74) is 1.50. The molecular formula is C12H22S. The van der Waals surface area contributed by atoms with Crippen molar-refractivity contribution in [3.63, 3.8) is 0 Å². The van der Waals surface area contributed by atoms with Crippen LogP contribution in [0.15, 0.2) is 23.6 Å². The van der Waals surface area contributed by atoms with Gasteiger partial charge < -0.3 is 0 Å². The van der Waals surface area contributed by atoms with E-state index in [0.29, 0.717) is 5.92 Å². The first-order valence-electron chi connectivity index (χ1n) is 4.72. The molecule has 0 aromatic rings. The van der Waals surface area contributed by atoms with Crippen LogP contribution >= 0.6 is 11.8 Å². The van der Waals surface area contributed by atoms with Crippen molar-refractivity contribution in [1.82, 2.24) is 0 Å². The van der Waals surface area contributed by atoms with Crippen molar-refractivity contribution in [2.75, 3.05) is 6.26 Å². The van der Waals surface area contributed by atoms with Crippen LogP contribution in [0.4, 0.5) is 0 Å². The molecule has 0 amide bonds. The predicted octanol–water partition coefficient (Wildman–Crippen LogP) is 4.49. The number of hydrogen-bond acceptors (Lipinski definition) is 1. The van der Waals surface area contributed by atoms with Crippen LogP contribution in [0.25, 0.3) is 0 Å². The third kappa shape index (κ3) is 4.04. The van der Waals surface area contributed by atoms with E-state index in [2.05, 4.69) is 47.1 Å². The molecule has 0 atom stereocenters. The standard InChI is InChI=1S/C12H22S/c1-9(2)10(3)8-12(5,6)11(4)13-7/h9H,3-4,8H2,1-2,5-7H3. The summed E-state index contributed by atoms with van der Waals surface area (Å²) in [6.07, 6.45) is 3.13. The Morgan fingerprint density at radius 2 is 1.77 bits per heavy atom. The van der Waals surface area contributed by atoms with E-state index in [0.717, 1.165) is 6.42 Å². The van der Waals surface area contributed by atoms with Gasteiger partial charge in [0.2, 0.25) is 0 Å². The molecule has 0 aliphatic heterocycles. The molecule has 0 heterocycles. The van der Waals surface area contributed by atoms with E-state index in [1.807, 2.05) is 0 Å². The van der Waals surface area contributed by atoms with Gasteiger partial charge in [0.1, 0.15) is 0 Å². The highest BCUT2D eigenvalue weighted by Crippen LogP contribution is 2.38. The summed E-state index contributed by atoms with van der Waals surface area (Å²) in [6.45, 7) is 17.0. The maximum Gasteiger partial charge on any atom is -0.00127 e. The smallest absolute Gasteiger partial charge is 0.00127 e. The summed E-state index contributed by atoms with van der Waals surface area (Å²) in [5, 5.41) is 0. The van der Waals surface area contributed by atoms with Gasteiger partial charge in [0.15, 0.2) is 0 Å². The lowest BCUT2D eigenvalue weighted by Gasteiger charge is -2.28. The maximum absolute atomic E-state index is 4.11. The third-order valence-corrected chi connectivity index (χ3v) is 3.53. The van der Waals surface area contributed by atoms with Crippen molar-refractivity contribution < 1.29 is 0 Å². The fourth-order valence-corrected chi connectivity index (χ4v) is 1.77. The van der Waals surface area contributed by atoms with E-state index in [-0.39, 0.29) is 5.41 Å². The van der Waals surface area contributed by atoms with Crippen LogP contribution in [-0.2, 0) is 0 Å². The zero-order valence-electron chi connectivity index (χ0n) is 9.61. The van der Waals surface area contributed by atoms with Crippen LogP contribution in [0.1, 0.15) is 34.1 Å². The second-order valence-corrected chi connectivity index (χ2v) is 5.40. The Hall–Kier alpha value is -0.170. The minimum Gasteiger partial charge on any atom is -0.134 e. The quantitative estimate of drug-likeness (QED) is 0.586. The molecule has 0 aromatic heterocycles. The van der Waals surface area contributed by atoms with Gasteiger partial charge in [-0.25, -0.2) is 0 Å². The van der Waals surface area contributed by atoms with Crippen LogP contribution in [0, 0.1) is 11.3 Å². The summed E-state index contributed by atoms with van der Waals surface area (Å²) >= 11 is 1.75. The predicted molar refractivity (Wildman–Crippen MR) is 65.0 cm³/mol. The molecule has 13 heavy (non-hydrogen) atoms. The van der Waals surface area contributed by atoms with Gasteiger partial charge in [-0.15, -0.1) is 11.8 Å². The van der Waals surface area contributed by atoms with Gasteiger partial charge in [-0.2, -0.15) is 0 Å². The summed E-state index contributed by atoms with van der Waals surface area (Å²) in [6, 6.07) is 0. The molecule has 0 rings (SSSR count). The Morgan fingerprint density at radius 1 is 1.31 bits per heavy atom. The molecule has 0 saturated heterocycles. The summed E-state index contributed by atoms with van der Waals surface area (Å²) in [7, 11) is 0. The number of rotatable bonds is 5. The molecule has 0 saturated carbocycles. The molecule has 0 aliphatic rings. The first-order chi connectivity index (χ1) is 5.81. The number of thioether (sulfide) groups is 1. The normalized spacial score (nSPS) is 11.8. The highest BCUT2D eigenvalue weighted by Gasteiger charge is 2.22. The molecule has 0 fully saturated rings. The highest BCUT2D eigenvalue weighted by molar-refractivity contribution is 8.02. The van der Waals surface area contributed by atoms with Crippen LogP contribution in [-0.4, -0.2) is 6.26 Å². The van der Waals surface area contributed by atoms with Gasteiger partial charge in [-0.05, 0) is 28.9 Å². The minimum absolute atomic E-state index is 0.181. The molecule has 0 bridgehead atoms. The molecule has 0 aliphatic carbocycles. The minimum atomic E-state index is 0.181. The van der Waals surface area contributed by atoms with Crippen molar-refractivity contribution in [3.8, 4) is 0 Å². The van der Waals surface area contributed by atoms with Gasteiger partial charge in [0.25, 0.3) is 0 Å². The lowest BCUT2D eigenvalue weighted by atomic mass is 9.83. The molecule has 0 aromatic carbocycles. The summed E-state index contributed by atoms with van der Waals surface area (Å²) in [5.74, 6) is 0.578. The van der Waals surface area contributed by atoms with Crippen molar-refractivity contribution in [2.24, 2.45) is 11.3 Å². The monoisotopic (exact) mass is 198 g/mol. The molecule has 0 nitrogen and oxygen atoms in total. The van der Waals surface area contributed by atoms with Crippen LogP contribution < -0.4 is 0 Å². The van der Waals surface area contributed by atoms with Crippen molar-refractivity contribution in [3.05, 3.63) is 23.6 Å². The molecule has 0 spiro atoms. The fraction of sp³-hybridized carbons (Fsp3) is 0.667. The first-order valence-corrected chi connectivity index (χ1v) is 5.94. The first kappa shape index (κ1) is 12.8. The topological polar surface area (TPSA) is 0 Å². The van der Waals surface area contributed by atoms with E-state index >= 15 is 0 Å². The SMILES string of the molecule is C=C(CC(C)(C)C(=C)SC)C(C)C. The highest BCUT2D eigenvalue weighted by atomic mass is 32.2. The van der Waals surface area contributed by atoms with E-state index in [1.165, 1.54) is 10.5 Å². The van der Waals surface area contributed by atoms with E-state index in [9.17, 15) is 0 Å². The zero-order valence-corrected chi connectivity index (χ0v) is 10.4.